The van der Waals surface area contributed by atoms with Crippen LogP contribution in [0, 0.1) is 0 Å². The predicted molar refractivity (Wildman–Crippen MR) is 78.5 cm³/mol. The number of halogens is 2. The molecule has 0 aliphatic carbocycles. The van der Waals surface area contributed by atoms with E-state index in [1.807, 2.05) is 0 Å². The summed E-state index contributed by atoms with van der Waals surface area (Å²) in [5, 5.41) is 9.17. The monoisotopic (exact) mass is 346 g/mol. The van der Waals surface area contributed by atoms with Gasteiger partial charge in [-0.05, 0) is 24.3 Å². The van der Waals surface area contributed by atoms with E-state index in [2.05, 4.69) is 9.71 Å². The van der Waals surface area contributed by atoms with Gasteiger partial charge in [0, 0.05) is 11.2 Å². The molecular formula is C12H8Cl2N2O4S. The van der Waals surface area contributed by atoms with Gasteiger partial charge >= 0.3 is 5.97 Å². The van der Waals surface area contributed by atoms with Gasteiger partial charge in [0.25, 0.3) is 10.0 Å². The number of carboxylic acid groups (broad SMARTS) is 1. The Labute approximate surface area is 130 Å². The fraction of sp³-hybridized carbons (Fsp3) is 0. The van der Waals surface area contributed by atoms with Gasteiger partial charge in [-0.3, -0.25) is 9.71 Å². The van der Waals surface area contributed by atoms with Gasteiger partial charge < -0.3 is 5.11 Å². The summed E-state index contributed by atoms with van der Waals surface area (Å²) in [6, 6.07) is 5.12. The number of nitrogens with zero attached hydrogens (tertiary/aromatic N) is 1. The molecule has 6 nitrogen and oxygen atoms in total. The van der Waals surface area contributed by atoms with Gasteiger partial charge in [-0.25, -0.2) is 13.2 Å². The molecule has 1 heterocycles. The molecule has 0 aliphatic rings. The summed E-state index contributed by atoms with van der Waals surface area (Å²) in [6.45, 7) is 0. The van der Waals surface area contributed by atoms with Crippen molar-refractivity contribution in [2.24, 2.45) is 0 Å². The zero-order chi connectivity index (χ0) is 15.6. The number of anilines is 1. The van der Waals surface area contributed by atoms with Crippen LogP contribution in [-0.2, 0) is 10.0 Å². The maximum Gasteiger partial charge on any atom is 0.337 e. The van der Waals surface area contributed by atoms with Crippen LogP contribution >= 0.6 is 23.2 Å². The Balaban J connectivity index is 2.48. The van der Waals surface area contributed by atoms with Crippen LogP contribution in [0.4, 0.5) is 5.69 Å². The van der Waals surface area contributed by atoms with E-state index in [-0.39, 0.29) is 26.2 Å². The van der Waals surface area contributed by atoms with Gasteiger partial charge in [0.1, 0.15) is 4.90 Å². The standard InChI is InChI=1S/C12H8Cl2N2O4S/c13-7-1-2-9(14)11(5-7)21(19,20)16-10-6-15-4-3-8(10)12(17)18/h1-6,16H,(H,17,18). The van der Waals surface area contributed by atoms with Crippen molar-refractivity contribution in [1.82, 2.24) is 4.98 Å². The summed E-state index contributed by atoms with van der Waals surface area (Å²) in [5.74, 6) is -1.28. The number of nitrogens with one attached hydrogen (secondary N) is 1. The summed E-state index contributed by atoms with van der Waals surface area (Å²) >= 11 is 11.6. The highest BCUT2D eigenvalue weighted by Gasteiger charge is 2.21. The maximum atomic E-state index is 12.3. The van der Waals surface area contributed by atoms with Gasteiger partial charge in [0.05, 0.1) is 22.5 Å². The molecule has 0 fully saturated rings. The molecule has 1 aromatic carbocycles. The minimum Gasteiger partial charge on any atom is -0.478 e. The normalized spacial score (nSPS) is 11.1. The lowest BCUT2D eigenvalue weighted by Gasteiger charge is -2.11. The van der Waals surface area contributed by atoms with E-state index < -0.39 is 16.0 Å². The van der Waals surface area contributed by atoms with Crippen molar-refractivity contribution in [2.75, 3.05) is 4.72 Å². The quantitative estimate of drug-likeness (QED) is 0.887. The largest absolute Gasteiger partial charge is 0.478 e. The topological polar surface area (TPSA) is 96.4 Å². The van der Waals surface area contributed by atoms with E-state index in [4.69, 9.17) is 28.3 Å². The van der Waals surface area contributed by atoms with Crippen molar-refractivity contribution in [3.8, 4) is 0 Å². The molecule has 0 unspecified atom stereocenters. The first kappa shape index (κ1) is 15.6. The number of hydrogen-bond acceptors (Lipinski definition) is 4. The van der Waals surface area contributed by atoms with Crippen molar-refractivity contribution in [3.05, 3.63) is 52.3 Å². The molecule has 9 heteroatoms. The molecule has 0 saturated heterocycles. The average Bonchev–Trinajstić information content (AvgIpc) is 2.41. The smallest absolute Gasteiger partial charge is 0.337 e. The molecule has 0 aliphatic heterocycles. The number of rotatable bonds is 4. The van der Waals surface area contributed by atoms with Crippen LogP contribution in [0.15, 0.2) is 41.6 Å². The van der Waals surface area contributed by atoms with E-state index in [1.165, 1.54) is 30.5 Å². The molecule has 1 aromatic heterocycles. The lowest BCUT2D eigenvalue weighted by atomic mass is 10.2. The molecule has 2 rings (SSSR count). The van der Waals surface area contributed by atoms with Crippen LogP contribution in [0.25, 0.3) is 0 Å². The third-order valence-electron chi connectivity index (χ3n) is 2.48. The second-order valence-electron chi connectivity index (χ2n) is 3.91. The van der Waals surface area contributed by atoms with Crippen molar-refractivity contribution in [3.63, 3.8) is 0 Å². The molecule has 110 valence electrons. The Morgan fingerprint density at radius 3 is 2.62 bits per heavy atom. The Morgan fingerprint density at radius 1 is 1.24 bits per heavy atom. The first-order valence-corrected chi connectivity index (χ1v) is 7.70. The minimum atomic E-state index is -4.09. The average molecular weight is 347 g/mol. The summed E-state index contributed by atoms with van der Waals surface area (Å²) in [5.41, 5.74) is -0.396. The summed E-state index contributed by atoms with van der Waals surface area (Å²) in [7, 11) is -4.09. The number of benzene rings is 1. The van der Waals surface area contributed by atoms with Crippen LogP contribution in [-0.4, -0.2) is 24.5 Å². The van der Waals surface area contributed by atoms with E-state index in [9.17, 15) is 13.2 Å². The second kappa shape index (κ2) is 5.88. The van der Waals surface area contributed by atoms with Gasteiger partial charge in [-0.2, -0.15) is 0 Å². The first-order chi connectivity index (χ1) is 9.81. The number of carbonyl (C=O) groups is 1. The Kier molecular flexibility index (Phi) is 4.36. The Morgan fingerprint density at radius 2 is 1.95 bits per heavy atom. The minimum absolute atomic E-state index is 0.0346. The molecule has 2 aromatic rings. The molecule has 0 spiro atoms. The summed E-state index contributed by atoms with van der Waals surface area (Å²) in [4.78, 5) is 14.5. The number of pyridine rings is 1. The third-order valence-corrected chi connectivity index (χ3v) is 4.56. The van der Waals surface area contributed by atoms with Crippen LogP contribution in [0.2, 0.25) is 10.0 Å². The van der Waals surface area contributed by atoms with Crippen LogP contribution in [0.1, 0.15) is 10.4 Å². The van der Waals surface area contributed by atoms with Crippen molar-refractivity contribution < 1.29 is 18.3 Å². The third kappa shape index (κ3) is 3.44. The number of aromatic nitrogens is 1. The SMILES string of the molecule is O=C(O)c1ccncc1NS(=O)(=O)c1cc(Cl)ccc1Cl. The van der Waals surface area contributed by atoms with Crippen LogP contribution < -0.4 is 4.72 Å². The highest BCUT2D eigenvalue weighted by Crippen LogP contribution is 2.27. The first-order valence-electron chi connectivity index (χ1n) is 5.46. The highest BCUT2D eigenvalue weighted by atomic mass is 35.5. The molecule has 21 heavy (non-hydrogen) atoms. The van der Waals surface area contributed by atoms with E-state index >= 15 is 0 Å². The van der Waals surface area contributed by atoms with E-state index in [1.54, 1.807) is 0 Å². The van der Waals surface area contributed by atoms with Crippen molar-refractivity contribution in [2.45, 2.75) is 4.90 Å². The number of aromatic carboxylic acids is 1. The van der Waals surface area contributed by atoms with E-state index in [0.717, 1.165) is 6.20 Å². The van der Waals surface area contributed by atoms with Gasteiger partial charge in [-0.1, -0.05) is 23.2 Å². The zero-order valence-electron chi connectivity index (χ0n) is 10.2. The van der Waals surface area contributed by atoms with Gasteiger partial charge in [0.2, 0.25) is 0 Å². The predicted octanol–water partition coefficient (Wildman–Crippen LogP) is 2.89. The zero-order valence-corrected chi connectivity index (χ0v) is 12.6. The highest BCUT2D eigenvalue weighted by molar-refractivity contribution is 7.92. The molecule has 0 amide bonds. The molecule has 0 atom stereocenters. The van der Waals surface area contributed by atoms with Crippen LogP contribution in [0.5, 0.6) is 0 Å². The fourth-order valence-corrected chi connectivity index (χ4v) is 3.37. The fourth-order valence-electron chi connectivity index (χ4n) is 1.55. The molecular weight excluding hydrogens is 339 g/mol. The van der Waals surface area contributed by atoms with Crippen LogP contribution in [0.3, 0.4) is 0 Å². The number of sulfonamides is 1. The Hall–Kier alpha value is -1.83. The lowest BCUT2D eigenvalue weighted by Crippen LogP contribution is -2.16. The van der Waals surface area contributed by atoms with Crippen molar-refractivity contribution >= 4 is 44.9 Å². The molecule has 2 N–H and O–H groups in total. The summed E-state index contributed by atoms with van der Waals surface area (Å²) in [6.07, 6.45) is 2.34. The second-order valence-corrected chi connectivity index (χ2v) is 6.40. The van der Waals surface area contributed by atoms with E-state index in [0.29, 0.717) is 0 Å². The number of hydrogen-bond donors (Lipinski definition) is 2. The van der Waals surface area contributed by atoms with Crippen molar-refractivity contribution in [1.29, 1.82) is 0 Å². The lowest BCUT2D eigenvalue weighted by molar-refractivity contribution is 0.0698. The van der Waals surface area contributed by atoms with Gasteiger partial charge in [-0.15, -0.1) is 0 Å². The number of carboxylic acids is 1. The Bertz CT molecular complexity index is 809. The molecule has 0 saturated carbocycles. The molecule has 0 bridgehead atoms. The summed E-state index contributed by atoms with van der Waals surface area (Å²) < 4.78 is 26.7. The van der Waals surface area contributed by atoms with Gasteiger partial charge in [0.15, 0.2) is 0 Å². The molecule has 0 radical (unpaired) electrons. The maximum absolute atomic E-state index is 12.3.